The molecule has 0 atom stereocenters. The average molecular weight is 188 g/mol. The molecule has 1 aliphatic heterocycles. The van der Waals surface area contributed by atoms with Crippen LogP contribution >= 0.6 is 0 Å². The van der Waals surface area contributed by atoms with Crippen molar-refractivity contribution in [3.05, 3.63) is 0 Å². The molecule has 62 valence electrons. The number of hydrogen-bond acceptors (Lipinski definition) is 4. The van der Waals surface area contributed by atoms with Gasteiger partial charge in [-0.15, -0.1) is 5.06 Å². The zero-order chi connectivity index (χ0) is 7.40. The van der Waals surface area contributed by atoms with E-state index < -0.39 is 6.16 Å². The minimum atomic E-state index is -1.23. The number of carboxylic acid groups (broad SMARTS) is 1. The topological polar surface area (TPSA) is 61.8 Å². The molecule has 5 nitrogen and oxygen atoms in total. The second kappa shape index (κ2) is 6.02. The van der Waals surface area contributed by atoms with Gasteiger partial charge in [-0.3, -0.25) is 0 Å². The Labute approximate surface area is 94.6 Å². The van der Waals surface area contributed by atoms with Crippen molar-refractivity contribution >= 4 is 43.9 Å². The van der Waals surface area contributed by atoms with Gasteiger partial charge in [-0.1, -0.05) is 0 Å². The third-order valence-corrected chi connectivity index (χ3v) is 1.28. The van der Waals surface area contributed by atoms with E-state index in [1.165, 1.54) is 5.06 Å². The quantitative estimate of drug-likeness (QED) is 0.495. The van der Waals surface area contributed by atoms with Crippen LogP contribution in [-0.2, 0) is 4.84 Å². The monoisotopic (exact) mass is 188 g/mol. The fourth-order valence-electron chi connectivity index (χ4n) is 0.846. The molecule has 1 rings (SSSR count). The van der Waals surface area contributed by atoms with Gasteiger partial charge in [-0.05, 0) is 0 Å². The summed E-state index contributed by atoms with van der Waals surface area (Å²) < 4.78 is 0. The van der Waals surface area contributed by atoms with Crippen LogP contribution < -0.4 is 5.32 Å². The molecule has 0 aromatic heterocycles. The first-order chi connectivity index (χ1) is 4.79. The van der Waals surface area contributed by atoms with E-state index in [4.69, 9.17) is 5.11 Å². The van der Waals surface area contributed by atoms with E-state index in [9.17, 15) is 4.79 Å². The zero-order valence-corrected chi connectivity index (χ0v) is 5.54. The molecule has 0 saturated carbocycles. The number of rotatable bonds is 1. The van der Waals surface area contributed by atoms with Crippen molar-refractivity contribution in [2.24, 2.45) is 0 Å². The van der Waals surface area contributed by atoms with E-state index in [1.807, 2.05) is 0 Å². The molecule has 0 bridgehead atoms. The Morgan fingerprint density at radius 3 is 2.45 bits per heavy atom. The Morgan fingerprint density at radius 2 is 2.00 bits per heavy atom. The summed E-state index contributed by atoms with van der Waals surface area (Å²) in [6, 6.07) is 0. The van der Waals surface area contributed by atoms with Crippen LogP contribution in [0.3, 0.4) is 0 Å². The van der Waals surface area contributed by atoms with Gasteiger partial charge in [0, 0.05) is 26.2 Å². The molecule has 1 heterocycles. The van der Waals surface area contributed by atoms with Crippen molar-refractivity contribution in [3.8, 4) is 0 Å². The minimum absolute atomic E-state index is 0. The number of nitrogens with one attached hydrogen (secondary N) is 1. The van der Waals surface area contributed by atoms with Crippen molar-refractivity contribution in [1.29, 1.82) is 0 Å². The Morgan fingerprint density at radius 1 is 1.45 bits per heavy atom. The van der Waals surface area contributed by atoms with E-state index >= 15 is 0 Å². The molecule has 0 spiro atoms. The summed E-state index contributed by atoms with van der Waals surface area (Å²) in [5.41, 5.74) is 0. The Bertz CT molecular complexity index is 127. The summed E-state index contributed by atoms with van der Waals surface area (Å²) in [7, 11) is 0. The molecule has 0 aliphatic carbocycles. The van der Waals surface area contributed by atoms with Crippen molar-refractivity contribution in [3.63, 3.8) is 0 Å². The maximum atomic E-state index is 9.98. The first-order valence-corrected chi connectivity index (χ1v) is 3.15. The van der Waals surface area contributed by atoms with Gasteiger partial charge in [0.05, 0.1) is 0 Å². The van der Waals surface area contributed by atoms with E-state index in [0.29, 0.717) is 13.1 Å². The molecule has 11 heavy (non-hydrogen) atoms. The first-order valence-electron chi connectivity index (χ1n) is 3.15. The van der Waals surface area contributed by atoms with Crippen molar-refractivity contribution < 1.29 is 14.7 Å². The van der Waals surface area contributed by atoms with Crippen LogP contribution in [0.2, 0.25) is 0 Å². The number of carbonyl (C=O) groups is 1. The Balaban J connectivity index is 0.000001000. The summed E-state index contributed by atoms with van der Waals surface area (Å²) in [6.45, 7) is 2.83. The van der Waals surface area contributed by atoms with Gasteiger partial charge in [0.2, 0.25) is 0 Å². The van der Waals surface area contributed by atoms with Crippen LogP contribution in [0.15, 0.2) is 0 Å². The molecule has 0 amide bonds. The molecular weight excluding hydrogens is 176 g/mol. The van der Waals surface area contributed by atoms with Crippen molar-refractivity contribution in [2.75, 3.05) is 26.2 Å². The molecule has 0 aromatic carbocycles. The number of nitrogens with zero attached hydrogens (tertiary/aromatic N) is 1. The number of hydroxylamine groups is 2. The van der Waals surface area contributed by atoms with E-state index in [2.05, 4.69) is 10.2 Å². The van der Waals surface area contributed by atoms with Gasteiger partial charge in [0.25, 0.3) is 0 Å². The second-order valence-corrected chi connectivity index (χ2v) is 2.04. The van der Waals surface area contributed by atoms with Gasteiger partial charge in [0.1, 0.15) is 0 Å². The molecule has 1 aliphatic rings. The SMILES string of the molecule is O=C(O)ON1CCNCC1.[CaH2]. The van der Waals surface area contributed by atoms with Gasteiger partial charge < -0.3 is 15.3 Å². The standard InChI is InChI=1S/C5H10N2O3.Ca.2H/c8-5(9)10-7-3-1-6-2-4-7;;;/h6H,1-4H2,(H,8,9);;;. The van der Waals surface area contributed by atoms with E-state index in [-0.39, 0.29) is 37.7 Å². The van der Waals surface area contributed by atoms with Gasteiger partial charge in [0.15, 0.2) is 0 Å². The third-order valence-electron chi connectivity index (χ3n) is 1.28. The third kappa shape index (κ3) is 4.81. The molecule has 0 aromatic rings. The Kier molecular flexibility index (Phi) is 6.27. The summed E-state index contributed by atoms with van der Waals surface area (Å²) in [5, 5.41) is 12.7. The fraction of sp³-hybridized carbons (Fsp3) is 0.800. The van der Waals surface area contributed by atoms with Crippen LogP contribution in [0, 0.1) is 0 Å². The van der Waals surface area contributed by atoms with Crippen LogP contribution in [0.1, 0.15) is 0 Å². The summed E-state index contributed by atoms with van der Waals surface area (Å²) in [5.74, 6) is 0. The summed E-state index contributed by atoms with van der Waals surface area (Å²) in [6.07, 6.45) is -1.23. The van der Waals surface area contributed by atoms with Crippen LogP contribution in [0.5, 0.6) is 0 Å². The predicted octanol–water partition coefficient (Wildman–Crippen LogP) is -1.42. The first kappa shape index (κ1) is 11.4. The molecule has 1 fully saturated rings. The Hall–Kier alpha value is 0.450. The molecule has 1 saturated heterocycles. The molecule has 0 radical (unpaired) electrons. The molecule has 6 heteroatoms. The van der Waals surface area contributed by atoms with Crippen LogP contribution in [-0.4, -0.2) is 80.2 Å². The molecule has 2 N–H and O–H groups in total. The van der Waals surface area contributed by atoms with E-state index in [0.717, 1.165) is 13.1 Å². The molecular formula is C5H12CaN2O3. The second-order valence-electron chi connectivity index (χ2n) is 2.04. The predicted molar refractivity (Wildman–Crippen MR) is 42.1 cm³/mol. The van der Waals surface area contributed by atoms with Crippen molar-refractivity contribution in [1.82, 2.24) is 10.4 Å². The summed E-state index contributed by atoms with van der Waals surface area (Å²) >= 11 is 0. The van der Waals surface area contributed by atoms with E-state index in [1.54, 1.807) is 0 Å². The van der Waals surface area contributed by atoms with Crippen LogP contribution in [0.4, 0.5) is 4.79 Å². The normalized spacial score (nSPS) is 18.5. The van der Waals surface area contributed by atoms with Gasteiger partial charge in [-0.2, -0.15) is 0 Å². The van der Waals surface area contributed by atoms with Gasteiger partial charge in [-0.25, -0.2) is 4.79 Å². The van der Waals surface area contributed by atoms with Crippen LogP contribution in [0.25, 0.3) is 0 Å². The summed E-state index contributed by atoms with van der Waals surface area (Å²) in [4.78, 5) is 14.4. The van der Waals surface area contributed by atoms with Crippen molar-refractivity contribution in [2.45, 2.75) is 0 Å². The zero-order valence-electron chi connectivity index (χ0n) is 5.54. The number of piperazine rings is 1. The fourth-order valence-corrected chi connectivity index (χ4v) is 0.846. The van der Waals surface area contributed by atoms with Gasteiger partial charge >= 0.3 is 43.9 Å². The average Bonchev–Trinajstić information content (AvgIpc) is 1.88. The number of hydrogen-bond donors (Lipinski definition) is 2. The molecule has 0 unspecified atom stereocenters. The maximum absolute atomic E-state index is 9.98.